The van der Waals surface area contributed by atoms with Gasteiger partial charge < -0.3 is 61.9 Å². The molecule has 0 radical (unpaired) electrons. The molecule has 13 N–H and O–H groups in total. The molecule has 2 unspecified atom stereocenters. The number of thioether (sulfide) groups is 1. The summed E-state index contributed by atoms with van der Waals surface area (Å²) < 4.78 is 62.1. The fourth-order valence-electron chi connectivity index (χ4n) is 4.73. The highest BCUT2D eigenvalue weighted by molar-refractivity contribution is 7.99. The Bertz CT molecular complexity index is 1800. The van der Waals surface area contributed by atoms with Crippen LogP contribution in [-0.4, -0.2) is 142 Å². The predicted molar refractivity (Wildman–Crippen MR) is 194 cm³/mol. The van der Waals surface area contributed by atoms with Gasteiger partial charge in [0.05, 0.1) is 25.3 Å². The maximum atomic E-state index is 12.6. The number of aromatic nitrogens is 4. The van der Waals surface area contributed by atoms with Gasteiger partial charge in [-0.25, -0.2) is 28.6 Å². The molecule has 1 aliphatic rings. The second-order valence-electron chi connectivity index (χ2n) is 12.6. The third-order valence-electron chi connectivity index (χ3n) is 7.59. The Morgan fingerprint density at radius 2 is 1.70 bits per heavy atom. The van der Waals surface area contributed by atoms with E-state index in [2.05, 4.69) is 35.2 Å². The first-order valence-electron chi connectivity index (χ1n) is 16.5. The maximum Gasteiger partial charge on any atom is 0.481 e. The van der Waals surface area contributed by atoms with Crippen molar-refractivity contribution in [2.24, 2.45) is 11.1 Å². The highest BCUT2D eigenvalue weighted by Gasteiger charge is 2.50. The Kier molecular flexibility index (Phi) is 17.7. The van der Waals surface area contributed by atoms with E-state index in [1.165, 1.54) is 25.6 Å². The summed E-state index contributed by atoms with van der Waals surface area (Å²) in [7, 11) is -16.3. The lowest BCUT2D eigenvalue weighted by Crippen LogP contribution is -2.46. The van der Waals surface area contributed by atoms with Gasteiger partial charge in [0.15, 0.2) is 17.7 Å². The molecule has 0 spiro atoms. The molecule has 7 atom stereocenters. The van der Waals surface area contributed by atoms with Gasteiger partial charge in [0.2, 0.25) is 17.7 Å². The Hall–Kier alpha value is -2.68. The molecule has 0 saturated carbocycles. The molecule has 3 heterocycles. The highest BCUT2D eigenvalue weighted by Crippen LogP contribution is 2.61. The molecule has 0 aromatic carbocycles. The van der Waals surface area contributed by atoms with E-state index in [9.17, 15) is 57.9 Å². The third kappa shape index (κ3) is 14.9. The molecule has 3 rings (SSSR count). The van der Waals surface area contributed by atoms with Crippen molar-refractivity contribution in [1.29, 1.82) is 0 Å². The number of rotatable bonds is 24. The lowest BCUT2D eigenvalue weighted by molar-refractivity contribution is -0.137. The van der Waals surface area contributed by atoms with E-state index in [1.807, 2.05) is 0 Å². The van der Waals surface area contributed by atoms with Gasteiger partial charge in [0.25, 0.3) is 0 Å². The number of phosphoric ester groups is 3. The first-order chi connectivity index (χ1) is 26.1. The van der Waals surface area contributed by atoms with Gasteiger partial charge in [-0.2, -0.15) is 16.1 Å². The summed E-state index contributed by atoms with van der Waals surface area (Å²) in [6, 6.07) is 0. The average molecular weight is 882 g/mol. The van der Waals surface area contributed by atoms with Gasteiger partial charge in [0, 0.05) is 37.2 Å². The van der Waals surface area contributed by atoms with E-state index in [1.54, 1.807) is 0 Å². The van der Waals surface area contributed by atoms with E-state index in [4.69, 9.17) is 29.8 Å². The van der Waals surface area contributed by atoms with Crippen LogP contribution >= 0.6 is 35.2 Å². The largest absolute Gasteiger partial charge is 0.481 e. The number of imidazole rings is 1. The van der Waals surface area contributed by atoms with Crippen LogP contribution in [0.3, 0.4) is 0 Å². The van der Waals surface area contributed by atoms with Crippen LogP contribution in [0.25, 0.3) is 11.2 Å². The first kappa shape index (κ1) is 47.7. The van der Waals surface area contributed by atoms with Gasteiger partial charge in [0.1, 0.15) is 36.3 Å². The molecule has 2 aromatic heterocycles. The van der Waals surface area contributed by atoms with Crippen molar-refractivity contribution in [3.05, 3.63) is 12.7 Å². The van der Waals surface area contributed by atoms with Crippen LogP contribution in [-0.2, 0) is 50.7 Å². The number of aliphatic hydroxyl groups excluding tert-OH is 2. The van der Waals surface area contributed by atoms with Gasteiger partial charge >= 0.3 is 23.5 Å². The minimum Gasteiger partial charge on any atom is -0.387 e. The number of anilines is 1. The fourth-order valence-corrected chi connectivity index (χ4v) is 8.20. The Labute approximate surface area is 323 Å². The molecule has 318 valence electrons. The van der Waals surface area contributed by atoms with E-state index in [0.29, 0.717) is 25.3 Å². The average Bonchev–Trinajstić information content (AvgIpc) is 3.66. The number of phosphoric acid groups is 3. The standard InChI is InChI=1S/C26H46N9O17P3S/c1-26(2,21(39)24(40)31-7-4-16(36)30-8-9-56-11-17(37)29-6-3-5-27)12-49-55(46,47)52-54(44,45)48-10-15-19(38)20(51-53(41,42)43)25(50-15)35-14-34-18-22(28)32-13-33-23(18)35/h13-15,19-21,25,38-39H,3-12,27H2,1-2H3,(H,29,37)(H,30,36)(H,31,40)(H,44,45)(H,46,47)(H2,28,32,33)(H2,41,42,43)/t15-,19-,20-,21+,25-/m1/s1. The quantitative estimate of drug-likeness (QED) is 0.0387. The molecule has 26 nitrogen and oxygen atoms in total. The summed E-state index contributed by atoms with van der Waals surface area (Å²) in [5.74, 6) is -0.930. The molecular weight excluding hydrogens is 835 g/mol. The van der Waals surface area contributed by atoms with Gasteiger partial charge in [-0.3, -0.25) is 32.5 Å². The number of nitrogens with two attached hydrogens (primary N) is 2. The molecule has 30 heteroatoms. The van der Waals surface area contributed by atoms with E-state index in [-0.39, 0.29) is 48.2 Å². The van der Waals surface area contributed by atoms with Crippen molar-refractivity contribution >= 4 is 69.9 Å². The number of carbonyl (C=O) groups is 3. The second-order valence-corrected chi connectivity index (χ2v) is 18.0. The summed E-state index contributed by atoms with van der Waals surface area (Å²) in [4.78, 5) is 87.2. The van der Waals surface area contributed by atoms with E-state index < -0.39 is 84.6 Å². The van der Waals surface area contributed by atoms with Gasteiger partial charge in [-0.1, -0.05) is 13.8 Å². The Morgan fingerprint density at radius 3 is 2.38 bits per heavy atom. The summed E-state index contributed by atoms with van der Waals surface area (Å²) in [5, 5.41) is 29.0. The fraction of sp³-hybridized carbons (Fsp3) is 0.692. The lowest BCUT2D eigenvalue weighted by Gasteiger charge is -2.30. The summed E-state index contributed by atoms with van der Waals surface area (Å²) >= 11 is 1.31. The zero-order valence-corrected chi connectivity index (χ0v) is 33.5. The minimum absolute atomic E-state index is 0.000799. The number of amides is 3. The van der Waals surface area contributed by atoms with Gasteiger partial charge in [-0.05, 0) is 13.0 Å². The molecule has 1 aliphatic heterocycles. The maximum absolute atomic E-state index is 12.6. The van der Waals surface area contributed by atoms with Crippen molar-refractivity contribution in [3.8, 4) is 0 Å². The minimum atomic E-state index is -5.53. The monoisotopic (exact) mass is 881 g/mol. The number of fused-ring (bicyclic) bond motifs is 1. The SMILES string of the molecule is CC(C)(COP(=O)(O)OP(=O)(O)OC[C@H]1O[C@@H](n2cnc3c(N)ncnc32)[C@H](OP(=O)(O)O)[C@@H]1O)[C@@H](O)C(=O)NCCC(=O)NCCSCC(=O)NCCCN. The topological polar surface area (TPSA) is 402 Å². The highest BCUT2D eigenvalue weighted by atomic mass is 32.2. The molecular formula is C26H46N9O17P3S. The van der Waals surface area contributed by atoms with E-state index in [0.717, 1.165) is 17.2 Å². The zero-order chi connectivity index (χ0) is 41.9. The van der Waals surface area contributed by atoms with Crippen molar-refractivity contribution in [1.82, 2.24) is 35.5 Å². The van der Waals surface area contributed by atoms with Crippen LogP contribution in [0.5, 0.6) is 0 Å². The van der Waals surface area contributed by atoms with Crippen LogP contribution < -0.4 is 27.4 Å². The summed E-state index contributed by atoms with van der Waals surface area (Å²) in [6.07, 6.45) is -6.27. The number of ether oxygens (including phenoxy) is 1. The first-order valence-corrected chi connectivity index (χ1v) is 22.2. The summed E-state index contributed by atoms with van der Waals surface area (Å²) in [6.45, 7) is 1.57. The normalized spacial score (nSPS) is 21.6. The predicted octanol–water partition coefficient (Wildman–Crippen LogP) is -2.40. The van der Waals surface area contributed by atoms with Crippen LogP contribution in [0.4, 0.5) is 5.82 Å². The number of nitrogens with one attached hydrogen (secondary N) is 3. The van der Waals surface area contributed by atoms with Crippen molar-refractivity contribution in [3.63, 3.8) is 0 Å². The van der Waals surface area contributed by atoms with Crippen molar-refractivity contribution in [2.45, 2.75) is 57.3 Å². The smallest absolute Gasteiger partial charge is 0.387 e. The Morgan fingerprint density at radius 1 is 1.02 bits per heavy atom. The van der Waals surface area contributed by atoms with Crippen LogP contribution in [0.15, 0.2) is 12.7 Å². The number of aliphatic hydroxyl groups is 2. The van der Waals surface area contributed by atoms with Crippen LogP contribution in [0, 0.1) is 5.41 Å². The number of nitrogen functional groups attached to an aromatic ring is 1. The zero-order valence-electron chi connectivity index (χ0n) is 30.0. The molecule has 0 bridgehead atoms. The van der Waals surface area contributed by atoms with Gasteiger partial charge in [-0.15, -0.1) is 0 Å². The number of hydrogen-bond donors (Lipinski definition) is 11. The molecule has 0 aliphatic carbocycles. The third-order valence-corrected chi connectivity index (χ3v) is 11.6. The molecule has 2 aromatic rings. The van der Waals surface area contributed by atoms with Crippen LogP contribution in [0.2, 0.25) is 0 Å². The molecule has 56 heavy (non-hydrogen) atoms. The number of carbonyl (C=O) groups excluding carboxylic acids is 3. The van der Waals surface area contributed by atoms with Crippen molar-refractivity contribution < 1.29 is 80.5 Å². The lowest BCUT2D eigenvalue weighted by atomic mass is 9.87. The second kappa shape index (κ2) is 20.8. The number of hydrogen-bond acceptors (Lipinski definition) is 19. The van der Waals surface area contributed by atoms with Crippen molar-refractivity contribution in [2.75, 3.05) is 56.6 Å². The van der Waals surface area contributed by atoms with E-state index >= 15 is 0 Å². The Balaban J connectivity index is 1.46. The summed E-state index contributed by atoms with van der Waals surface area (Å²) in [5.41, 5.74) is 9.58. The number of nitrogens with zero attached hydrogens (tertiary/aromatic N) is 4. The molecule has 1 saturated heterocycles. The van der Waals surface area contributed by atoms with Crippen LogP contribution in [0.1, 0.15) is 32.9 Å². The molecule has 3 amide bonds. The molecule has 1 fully saturated rings.